The van der Waals surface area contributed by atoms with Crippen molar-refractivity contribution < 1.29 is 17.2 Å². The van der Waals surface area contributed by atoms with E-state index in [0.29, 0.717) is 16.9 Å². The molecule has 1 aromatic heterocycles. The summed E-state index contributed by atoms with van der Waals surface area (Å²) < 4.78 is 49.1. The zero-order chi connectivity index (χ0) is 14.0. The molecule has 0 aromatic carbocycles. The van der Waals surface area contributed by atoms with E-state index >= 15 is 0 Å². The maximum absolute atomic E-state index is 12.2. The van der Waals surface area contributed by atoms with Gasteiger partial charge in [-0.25, -0.2) is 17.2 Å². The molecule has 1 heterocycles. The first-order valence-corrected chi connectivity index (χ1v) is 7.49. The van der Waals surface area contributed by atoms with Crippen LogP contribution in [-0.4, -0.2) is 43.8 Å². The third-order valence-electron chi connectivity index (χ3n) is 2.98. The second-order valence-corrected chi connectivity index (χ2v) is 6.74. The van der Waals surface area contributed by atoms with Gasteiger partial charge in [0.1, 0.15) is 0 Å². The van der Waals surface area contributed by atoms with Gasteiger partial charge in [0.05, 0.1) is 11.4 Å². The van der Waals surface area contributed by atoms with E-state index in [1.165, 1.54) is 12.3 Å². The van der Waals surface area contributed by atoms with E-state index < -0.39 is 23.0 Å². The molecule has 1 aromatic rings. The van der Waals surface area contributed by atoms with Gasteiger partial charge >= 0.3 is 0 Å². The Labute approximate surface area is 111 Å². The van der Waals surface area contributed by atoms with E-state index in [0.717, 1.165) is 25.6 Å². The Bertz CT molecular complexity index is 526. The van der Waals surface area contributed by atoms with Gasteiger partial charge in [-0.2, -0.15) is 4.31 Å². The minimum absolute atomic E-state index is 0.0169. The number of nitrogens with one attached hydrogen (secondary N) is 2. The van der Waals surface area contributed by atoms with E-state index in [2.05, 4.69) is 10.3 Å². The zero-order valence-electron chi connectivity index (χ0n) is 10.6. The molecule has 8 heteroatoms. The van der Waals surface area contributed by atoms with Crippen molar-refractivity contribution in [2.45, 2.75) is 36.7 Å². The number of aromatic amines is 1. The van der Waals surface area contributed by atoms with E-state index in [1.807, 2.05) is 0 Å². The molecule has 0 unspecified atom stereocenters. The Morgan fingerprint density at radius 2 is 2.21 bits per heavy atom. The normalized spacial score (nSPS) is 16.5. The first-order chi connectivity index (χ1) is 8.89. The van der Waals surface area contributed by atoms with E-state index in [9.17, 15) is 17.2 Å². The third kappa shape index (κ3) is 3.74. The molecule has 0 bridgehead atoms. The molecule has 1 saturated carbocycles. The Morgan fingerprint density at radius 1 is 1.53 bits per heavy atom. The molecule has 0 aliphatic heterocycles. The molecule has 0 atom stereocenters. The minimum atomic E-state index is -3.84. The highest BCUT2D eigenvalue weighted by atomic mass is 32.2. The van der Waals surface area contributed by atoms with Gasteiger partial charge < -0.3 is 10.3 Å². The molecule has 2 N–H and O–H groups in total. The van der Waals surface area contributed by atoms with Gasteiger partial charge in [-0.15, -0.1) is 0 Å². The highest BCUT2D eigenvalue weighted by Crippen LogP contribution is 2.20. The minimum Gasteiger partial charge on any atom is -0.363 e. The Hall–Kier alpha value is -0.990. The number of rotatable bonds is 7. The highest BCUT2D eigenvalue weighted by Gasteiger charge is 2.25. The summed E-state index contributed by atoms with van der Waals surface area (Å²) in [4.78, 5) is 2.86. The van der Waals surface area contributed by atoms with Crippen LogP contribution in [0.15, 0.2) is 17.2 Å². The lowest BCUT2D eigenvalue weighted by molar-refractivity contribution is 0.126. The molecule has 0 radical (unpaired) electrons. The quantitative estimate of drug-likeness (QED) is 0.792. The monoisotopic (exact) mass is 293 g/mol. The van der Waals surface area contributed by atoms with Crippen molar-refractivity contribution in [2.75, 3.05) is 13.6 Å². The molecule has 0 spiro atoms. The Balaban J connectivity index is 2.02. The number of nitrogens with zero attached hydrogens (tertiary/aromatic N) is 1. The van der Waals surface area contributed by atoms with Crippen molar-refractivity contribution in [3.8, 4) is 0 Å². The summed E-state index contributed by atoms with van der Waals surface area (Å²) in [6, 6.07) is 2.00. The fraction of sp³-hybridized carbons (Fsp3) is 0.636. The molecular formula is C11H17F2N3O2S. The molecule has 5 nitrogen and oxygen atoms in total. The molecule has 1 aliphatic carbocycles. The summed E-state index contributed by atoms with van der Waals surface area (Å²) in [6.45, 7) is -0.248. The smallest absolute Gasteiger partial charge is 0.252 e. The Morgan fingerprint density at radius 3 is 2.79 bits per heavy atom. The first-order valence-electron chi connectivity index (χ1n) is 6.05. The van der Waals surface area contributed by atoms with Crippen molar-refractivity contribution in [3.63, 3.8) is 0 Å². The lowest BCUT2D eigenvalue weighted by Crippen LogP contribution is -2.31. The summed E-state index contributed by atoms with van der Waals surface area (Å²) in [7, 11) is -2.69. The van der Waals surface area contributed by atoms with Crippen molar-refractivity contribution in [1.82, 2.24) is 14.6 Å². The number of H-pyrrole nitrogens is 1. The molecule has 108 valence electrons. The lowest BCUT2D eigenvalue weighted by atomic mass is 10.4. The van der Waals surface area contributed by atoms with Crippen LogP contribution in [0.4, 0.5) is 8.78 Å². The Kier molecular flexibility index (Phi) is 4.22. The highest BCUT2D eigenvalue weighted by molar-refractivity contribution is 7.89. The van der Waals surface area contributed by atoms with E-state index in [1.54, 1.807) is 0 Å². The fourth-order valence-corrected chi connectivity index (χ4v) is 2.85. The average molecular weight is 293 g/mol. The average Bonchev–Trinajstić information content (AvgIpc) is 3.02. The van der Waals surface area contributed by atoms with Crippen LogP contribution in [0.5, 0.6) is 0 Å². The van der Waals surface area contributed by atoms with Crippen LogP contribution in [0.3, 0.4) is 0 Å². The summed E-state index contributed by atoms with van der Waals surface area (Å²) in [5.41, 5.74) is 0.732. The molecule has 0 amide bonds. The number of hydrogen-bond donors (Lipinski definition) is 2. The van der Waals surface area contributed by atoms with Crippen molar-refractivity contribution in [2.24, 2.45) is 0 Å². The maximum Gasteiger partial charge on any atom is 0.252 e. The largest absolute Gasteiger partial charge is 0.363 e. The summed E-state index contributed by atoms with van der Waals surface area (Å²) >= 11 is 0. The van der Waals surface area contributed by atoms with Gasteiger partial charge in [-0.3, -0.25) is 0 Å². The predicted octanol–water partition coefficient (Wildman–Crippen LogP) is 1.15. The topological polar surface area (TPSA) is 65.2 Å². The van der Waals surface area contributed by atoms with Crippen LogP contribution in [-0.2, 0) is 16.6 Å². The summed E-state index contributed by atoms with van der Waals surface area (Å²) in [6.07, 6.45) is 0.933. The third-order valence-corrected chi connectivity index (χ3v) is 4.78. The van der Waals surface area contributed by atoms with Crippen molar-refractivity contribution in [3.05, 3.63) is 18.0 Å². The van der Waals surface area contributed by atoms with Gasteiger partial charge in [0.15, 0.2) is 0 Å². The zero-order valence-corrected chi connectivity index (χ0v) is 11.4. The van der Waals surface area contributed by atoms with Gasteiger partial charge in [-0.1, -0.05) is 0 Å². The van der Waals surface area contributed by atoms with Gasteiger partial charge in [0, 0.05) is 31.5 Å². The van der Waals surface area contributed by atoms with Crippen LogP contribution in [0, 0.1) is 0 Å². The van der Waals surface area contributed by atoms with Crippen LogP contribution in [0.2, 0.25) is 0 Å². The van der Waals surface area contributed by atoms with Crippen molar-refractivity contribution >= 4 is 10.0 Å². The van der Waals surface area contributed by atoms with Crippen LogP contribution >= 0.6 is 0 Å². The molecule has 1 aliphatic rings. The van der Waals surface area contributed by atoms with E-state index in [4.69, 9.17) is 0 Å². The van der Waals surface area contributed by atoms with Gasteiger partial charge in [0.2, 0.25) is 10.0 Å². The molecule has 19 heavy (non-hydrogen) atoms. The maximum atomic E-state index is 12.2. The van der Waals surface area contributed by atoms with Crippen LogP contribution in [0.25, 0.3) is 0 Å². The summed E-state index contributed by atoms with van der Waals surface area (Å²) in [5, 5.41) is 3.24. The number of halogens is 2. The van der Waals surface area contributed by atoms with Crippen LogP contribution < -0.4 is 5.32 Å². The summed E-state index contributed by atoms with van der Waals surface area (Å²) in [5.74, 6) is 0. The number of hydrogen-bond acceptors (Lipinski definition) is 3. The molecule has 0 saturated heterocycles. The number of sulfonamides is 1. The lowest BCUT2D eigenvalue weighted by Gasteiger charge is -2.15. The molecular weight excluding hydrogens is 276 g/mol. The van der Waals surface area contributed by atoms with Crippen molar-refractivity contribution in [1.29, 1.82) is 0 Å². The van der Waals surface area contributed by atoms with Gasteiger partial charge in [-0.05, 0) is 18.9 Å². The fourth-order valence-electron chi connectivity index (χ4n) is 1.68. The standard InChI is InChI=1S/C11H17F2N3O2S/c1-16(7-11(12)13)19(17,18)10-4-9(15-6-10)5-14-8-2-3-8/h4,6,8,11,14-15H,2-3,5,7H2,1H3. The molecule has 1 fully saturated rings. The number of aromatic nitrogens is 1. The molecule has 2 rings (SSSR count). The van der Waals surface area contributed by atoms with Crippen LogP contribution in [0.1, 0.15) is 18.5 Å². The SMILES string of the molecule is CN(CC(F)F)S(=O)(=O)c1c[nH]c(CNC2CC2)c1. The first kappa shape index (κ1) is 14.4. The second kappa shape index (κ2) is 5.56. The predicted molar refractivity (Wildman–Crippen MR) is 66.5 cm³/mol. The second-order valence-electron chi connectivity index (χ2n) is 4.69. The number of alkyl halides is 2. The van der Waals surface area contributed by atoms with Gasteiger partial charge in [0.25, 0.3) is 6.43 Å². The van der Waals surface area contributed by atoms with E-state index in [-0.39, 0.29) is 4.90 Å².